The number of nitrogens with zero attached hydrogens (tertiary/aromatic N) is 1. The highest BCUT2D eigenvalue weighted by atomic mass is 35.5. The molecule has 0 aliphatic heterocycles. The van der Waals surface area contributed by atoms with Crippen LogP contribution in [0.3, 0.4) is 0 Å². The molecule has 0 bridgehead atoms. The van der Waals surface area contributed by atoms with E-state index in [1.54, 1.807) is 30.3 Å². The molecule has 0 saturated carbocycles. The molecule has 0 radical (unpaired) electrons. The second-order valence-electron chi connectivity index (χ2n) is 6.79. The molecule has 33 heavy (non-hydrogen) atoms. The summed E-state index contributed by atoms with van der Waals surface area (Å²) in [5, 5.41) is 4.64. The number of hydrogen-bond acceptors (Lipinski definition) is 6. The number of halogens is 1. The lowest BCUT2D eigenvalue weighted by atomic mass is 10.2. The number of ether oxygens (including phenoxy) is 4. The van der Waals surface area contributed by atoms with E-state index in [0.29, 0.717) is 41.2 Å². The fourth-order valence-corrected chi connectivity index (χ4v) is 3.09. The number of carbonyl (C=O) groups is 1. The van der Waals surface area contributed by atoms with Crippen molar-refractivity contribution in [1.82, 2.24) is 5.43 Å². The first-order valence-electron chi connectivity index (χ1n) is 10.3. The fourth-order valence-electron chi connectivity index (χ4n) is 2.87. The van der Waals surface area contributed by atoms with Crippen molar-refractivity contribution in [2.75, 3.05) is 20.3 Å². The Balaban J connectivity index is 1.56. The third-order valence-corrected chi connectivity index (χ3v) is 4.62. The number of benzene rings is 3. The highest BCUT2D eigenvalue weighted by Gasteiger charge is 2.08. The van der Waals surface area contributed by atoms with E-state index in [0.717, 1.165) is 11.1 Å². The zero-order valence-corrected chi connectivity index (χ0v) is 19.2. The van der Waals surface area contributed by atoms with Crippen molar-refractivity contribution in [2.24, 2.45) is 5.10 Å². The van der Waals surface area contributed by atoms with E-state index >= 15 is 0 Å². The Labute approximate surface area is 197 Å². The molecule has 0 saturated heterocycles. The van der Waals surface area contributed by atoms with Gasteiger partial charge in [0, 0.05) is 5.02 Å². The molecule has 3 aromatic carbocycles. The molecule has 7 nitrogen and oxygen atoms in total. The second kappa shape index (κ2) is 12.4. The predicted octanol–water partition coefficient (Wildman–Crippen LogP) is 4.86. The van der Waals surface area contributed by atoms with Crippen LogP contribution in [0.1, 0.15) is 18.1 Å². The van der Waals surface area contributed by atoms with Gasteiger partial charge in [0.15, 0.2) is 29.6 Å². The van der Waals surface area contributed by atoms with Gasteiger partial charge in [0.25, 0.3) is 5.91 Å². The number of rotatable bonds is 11. The first-order chi connectivity index (χ1) is 16.1. The smallest absolute Gasteiger partial charge is 0.277 e. The lowest BCUT2D eigenvalue weighted by Crippen LogP contribution is -2.24. The van der Waals surface area contributed by atoms with Gasteiger partial charge in [0.05, 0.1) is 19.9 Å². The molecular formula is C25H25ClN2O5. The fraction of sp³-hybridized carbons (Fsp3) is 0.200. The molecule has 8 heteroatoms. The third-order valence-electron chi connectivity index (χ3n) is 4.38. The molecule has 0 spiro atoms. The van der Waals surface area contributed by atoms with Crippen molar-refractivity contribution in [2.45, 2.75) is 13.5 Å². The first kappa shape index (κ1) is 23.9. The summed E-state index contributed by atoms with van der Waals surface area (Å²) in [6.07, 6.45) is 1.52. The monoisotopic (exact) mass is 468 g/mol. The van der Waals surface area contributed by atoms with Gasteiger partial charge >= 0.3 is 0 Å². The van der Waals surface area contributed by atoms with Crippen molar-refractivity contribution >= 4 is 23.7 Å². The maximum absolute atomic E-state index is 12.0. The largest absolute Gasteiger partial charge is 0.493 e. The lowest BCUT2D eigenvalue weighted by Gasteiger charge is -2.13. The van der Waals surface area contributed by atoms with Crippen LogP contribution in [0.5, 0.6) is 23.0 Å². The summed E-state index contributed by atoms with van der Waals surface area (Å²) in [7, 11) is 1.54. The highest BCUT2D eigenvalue weighted by Crippen LogP contribution is 2.29. The Morgan fingerprint density at radius 3 is 2.48 bits per heavy atom. The molecule has 0 unspecified atom stereocenters. The normalized spacial score (nSPS) is 10.6. The summed E-state index contributed by atoms with van der Waals surface area (Å²) < 4.78 is 22.3. The Bertz CT molecular complexity index is 1100. The lowest BCUT2D eigenvalue weighted by molar-refractivity contribution is -0.123. The Kier molecular flexibility index (Phi) is 8.97. The van der Waals surface area contributed by atoms with E-state index in [2.05, 4.69) is 10.5 Å². The van der Waals surface area contributed by atoms with E-state index in [-0.39, 0.29) is 6.61 Å². The van der Waals surface area contributed by atoms with Gasteiger partial charge in [0.2, 0.25) is 0 Å². The average Bonchev–Trinajstić information content (AvgIpc) is 2.82. The van der Waals surface area contributed by atoms with E-state index < -0.39 is 5.91 Å². The number of amides is 1. The van der Waals surface area contributed by atoms with Gasteiger partial charge in [-0.3, -0.25) is 4.79 Å². The number of carbonyl (C=O) groups excluding carboxylic acids is 1. The maximum atomic E-state index is 12.0. The summed E-state index contributed by atoms with van der Waals surface area (Å²) in [6, 6.07) is 20.0. The minimum atomic E-state index is -0.399. The quantitative estimate of drug-likeness (QED) is 0.321. The van der Waals surface area contributed by atoms with Crippen LogP contribution in [0.15, 0.2) is 71.8 Å². The van der Waals surface area contributed by atoms with Crippen LogP contribution in [0, 0.1) is 0 Å². The number of hydrazone groups is 1. The molecule has 1 N–H and O–H groups in total. The van der Waals surface area contributed by atoms with Crippen LogP contribution >= 0.6 is 11.6 Å². The molecule has 0 aliphatic rings. The van der Waals surface area contributed by atoms with Gasteiger partial charge in [-0.15, -0.1) is 0 Å². The summed E-state index contributed by atoms with van der Waals surface area (Å²) in [6.45, 7) is 2.53. The summed E-state index contributed by atoms with van der Waals surface area (Å²) in [5.41, 5.74) is 4.13. The van der Waals surface area contributed by atoms with Crippen LogP contribution in [0.25, 0.3) is 0 Å². The Morgan fingerprint density at radius 1 is 0.939 bits per heavy atom. The number of hydrogen-bond donors (Lipinski definition) is 1. The van der Waals surface area contributed by atoms with Crippen molar-refractivity contribution in [3.05, 3.63) is 82.9 Å². The Hall–Kier alpha value is -3.71. The zero-order valence-electron chi connectivity index (χ0n) is 18.4. The maximum Gasteiger partial charge on any atom is 0.277 e. The molecule has 3 aromatic rings. The third kappa shape index (κ3) is 7.43. The molecule has 0 aliphatic carbocycles. The number of para-hydroxylation sites is 2. The summed E-state index contributed by atoms with van der Waals surface area (Å²) >= 11 is 6.03. The van der Waals surface area contributed by atoms with E-state index in [1.807, 2.05) is 43.3 Å². The Morgan fingerprint density at radius 2 is 1.73 bits per heavy atom. The van der Waals surface area contributed by atoms with Gasteiger partial charge < -0.3 is 18.9 Å². The SMILES string of the molecule is CCOc1cc(/C=N\NC(=O)COc2ccccc2OC)ccc1OCc1cccc(Cl)c1. The number of methoxy groups -OCH3 is 1. The highest BCUT2D eigenvalue weighted by molar-refractivity contribution is 6.30. The van der Waals surface area contributed by atoms with Gasteiger partial charge in [-0.2, -0.15) is 5.10 Å². The molecule has 172 valence electrons. The van der Waals surface area contributed by atoms with Gasteiger partial charge in [-0.25, -0.2) is 5.43 Å². The first-order valence-corrected chi connectivity index (χ1v) is 10.7. The minimum absolute atomic E-state index is 0.196. The summed E-state index contributed by atoms with van der Waals surface area (Å²) in [4.78, 5) is 12.0. The van der Waals surface area contributed by atoms with Gasteiger partial charge in [-0.05, 0) is 60.5 Å². The van der Waals surface area contributed by atoms with E-state index in [1.165, 1.54) is 13.3 Å². The molecule has 3 rings (SSSR count). The van der Waals surface area contributed by atoms with Crippen molar-refractivity contribution < 1.29 is 23.7 Å². The molecule has 0 aromatic heterocycles. The predicted molar refractivity (Wildman–Crippen MR) is 128 cm³/mol. The van der Waals surface area contributed by atoms with E-state index in [9.17, 15) is 4.79 Å². The molecule has 0 heterocycles. The standard InChI is InChI=1S/C25H25ClN2O5/c1-3-31-24-14-18(11-12-23(24)32-16-19-7-6-8-20(26)13-19)15-27-28-25(29)17-33-22-10-5-4-9-21(22)30-2/h4-15H,3,16-17H2,1-2H3,(H,28,29)/b27-15-. The minimum Gasteiger partial charge on any atom is -0.493 e. The molecule has 0 fully saturated rings. The van der Waals surface area contributed by atoms with Crippen LogP contribution in [0.2, 0.25) is 5.02 Å². The van der Waals surface area contributed by atoms with Crippen molar-refractivity contribution in [3.63, 3.8) is 0 Å². The second-order valence-corrected chi connectivity index (χ2v) is 7.23. The van der Waals surface area contributed by atoms with Crippen LogP contribution in [-0.2, 0) is 11.4 Å². The topological polar surface area (TPSA) is 78.4 Å². The van der Waals surface area contributed by atoms with Crippen LogP contribution in [0.4, 0.5) is 0 Å². The average molecular weight is 469 g/mol. The van der Waals surface area contributed by atoms with Crippen molar-refractivity contribution in [1.29, 1.82) is 0 Å². The zero-order chi connectivity index (χ0) is 23.5. The van der Waals surface area contributed by atoms with Crippen molar-refractivity contribution in [3.8, 4) is 23.0 Å². The van der Waals surface area contributed by atoms with Crippen LogP contribution in [-0.4, -0.2) is 32.4 Å². The van der Waals surface area contributed by atoms with Gasteiger partial charge in [-0.1, -0.05) is 35.9 Å². The number of nitrogens with one attached hydrogen (secondary N) is 1. The van der Waals surface area contributed by atoms with Crippen LogP contribution < -0.4 is 24.4 Å². The van der Waals surface area contributed by atoms with E-state index in [4.69, 9.17) is 30.5 Å². The molecule has 1 amide bonds. The molecular weight excluding hydrogens is 444 g/mol. The summed E-state index contributed by atoms with van der Waals surface area (Å²) in [5.74, 6) is 1.81. The molecule has 0 atom stereocenters. The van der Waals surface area contributed by atoms with Gasteiger partial charge in [0.1, 0.15) is 6.61 Å².